The van der Waals surface area contributed by atoms with Gasteiger partial charge in [-0.15, -0.1) is 0 Å². The van der Waals surface area contributed by atoms with Gasteiger partial charge in [0.25, 0.3) is 5.91 Å². The summed E-state index contributed by atoms with van der Waals surface area (Å²) in [5.41, 5.74) is 0.867. The van der Waals surface area contributed by atoms with E-state index >= 15 is 0 Å². The van der Waals surface area contributed by atoms with Gasteiger partial charge in [-0.2, -0.15) is 0 Å². The number of fused-ring (bicyclic) bond motifs is 1. The van der Waals surface area contributed by atoms with Crippen LogP contribution in [0.1, 0.15) is 18.1 Å². The molecule has 128 valence electrons. The Morgan fingerprint density at radius 1 is 1.24 bits per heavy atom. The van der Waals surface area contributed by atoms with E-state index in [1.807, 2.05) is 54.6 Å². The molecule has 0 bridgehead atoms. The first kappa shape index (κ1) is 17.2. The van der Waals surface area contributed by atoms with Crippen molar-refractivity contribution in [1.29, 1.82) is 0 Å². The van der Waals surface area contributed by atoms with Crippen LogP contribution in [0.3, 0.4) is 0 Å². The molecule has 0 spiro atoms. The van der Waals surface area contributed by atoms with Gasteiger partial charge in [-0.25, -0.2) is 0 Å². The smallest absolute Gasteiger partial charge is 0.271 e. The van der Waals surface area contributed by atoms with E-state index in [1.165, 1.54) is 6.92 Å². The number of hydrogen-bond acceptors (Lipinski definition) is 3. The first-order valence-corrected chi connectivity index (χ1v) is 8.24. The van der Waals surface area contributed by atoms with Crippen LogP contribution in [0.2, 0.25) is 0 Å². The maximum Gasteiger partial charge on any atom is 0.271 e. The molecule has 2 aromatic carbocycles. The van der Waals surface area contributed by atoms with Crippen LogP contribution < -0.4 is 4.90 Å². The molecule has 1 heterocycles. The SMILES string of the molecule is COC[C@@H]1Cc2ccccc2N1C(=O)[C@](C)(O)C#Cc1ccccc1. The highest BCUT2D eigenvalue weighted by molar-refractivity contribution is 6.03. The Bertz CT molecular complexity index is 818. The van der Waals surface area contributed by atoms with Crippen LogP contribution in [-0.2, 0) is 16.0 Å². The topological polar surface area (TPSA) is 49.8 Å². The van der Waals surface area contributed by atoms with Gasteiger partial charge in [-0.1, -0.05) is 48.2 Å². The van der Waals surface area contributed by atoms with Gasteiger partial charge < -0.3 is 14.7 Å². The fourth-order valence-corrected chi connectivity index (χ4v) is 3.06. The first-order valence-electron chi connectivity index (χ1n) is 8.24. The zero-order chi connectivity index (χ0) is 17.9. The average molecular weight is 335 g/mol. The number of nitrogens with zero attached hydrogens (tertiary/aromatic N) is 1. The lowest BCUT2D eigenvalue weighted by atomic mass is 10.0. The van der Waals surface area contributed by atoms with Crippen molar-refractivity contribution < 1.29 is 14.6 Å². The number of carbonyl (C=O) groups excluding carboxylic acids is 1. The van der Waals surface area contributed by atoms with E-state index in [0.717, 1.165) is 16.8 Å². The third kappa shape index (κ3) is 3.58. The molecule has 0 saturated carbocycles. The average Bonchev–Trinajstić information content (AvgIpc) is 2.98. The number of ether oxygens (including phenoxy) is 1. The summed E-state index contributed by atoms with van der Waals surface area (Å²) in [5, 5.41) is 10.7. The van der Waals surface area contributed by atoms with Crippen LogP contribution in [0.4, 0.5) is 5.69 Å². The third-order valence-electron chi connectivity index (χ3n) is 4.29. The van der Waals surface area contributed by atoms with Crippen molar-refractivity contribution in [1.82, 2.24) is 0 Å². The van der Waals surface area contributed by atoms with Crippen LogP contribution in [0.15, 0.2) is 54.6 Å². The minimum atomic E-state index is -1.78. The van der Waals surface area contributed by atoms with Crippen molar-refractivity contribution in [3.8, 4) is 11.8 Å². The lowest BCUT2D eigenvalue weighted by Gasteiger charge is -2.29. The number of anilines is 1. The summed E-state index contributed by atoms with van der Waals surface area (Å²) >= 11 is 0. The standard InChI is InChI=1S/C21H21NO3/c1-21(24,13-12-16-8-4-3-5-9-16)20(23)22-18(15-25-2)14-17-10-6-7-11-19(17)22/h3-11,18,24H,14-15H2,1-2H3/t18-,21+/m0/s1. The van der Waals surface area contributed by atoms with E-state index in [0.29, 0.717) is 13.0 Å². The number of para-hydroxylation sites is 1. The molecule has 1 N–H and O–H groups in total. The maximum atomic E-state index is 13.1. The second kappa shape index (κ2) is 7.10. The van der Waals surface area contributed by atoms with Crippen molar-refractivity contribution in [2.24, 2.45) is 0 Å². The van der Waals surface area contributed by atoms with Crippen LogP contribution in [0, 0.1) is 11.8 Å². The van der Waals surface area contributed by atoms with E-state index in [4.69, 9.17) is 4.74 Å². The van der Waals surface area contributed by atoms with Gasteiger partial charge >= 0.3 is 0 Å². The van der Waals surface area contributed by atoms with Crippen molar-refractivity contribution in [2.45, 2.75) is 25.0 Å². The molecule has 1 aliphatic rings. The summed E-state index contributed by atoms with van der Waals surface area (Å²) in [4.78, 5) is 14.7. The molecule has 1 aliphatic heterocycles. The minimum absolute atomic E-state index is 0.139. The number of amides is 1. The van der Waals surface area contributed by atoms with Gasteiger partial charge in [-0.05, 0) is 37.1 Å². The summed E-state index contributed by atoms with van der Waals surface area (Å²) in [6.07, 6.45) is 0.706. The molecule has 1 amide bonds. The summed E-state index contributed by atoms with van der Waals surface area (Å²) in [7, 11) is 1.61. The summed E-state index contributed by atoms with van der Waals surface area (Å²) in [6.45, 7) is 1.85. The zero-order valence-electron chi connectivity index (χ0n) is 14.4. The van der Waals surface area contributed by atoms with Crippen molar-refractivity contribution in [2.75, 3.05) is 18.6 Å². The predicted molar refractivity (Wildman–Crippen MR) is 97.2 cm³/mol. The molecule has 0 radical (unpaired) electrons. The molecule has 0 aliphatic carbocycles. The molecule has 25 heavy (non-hydrogen) atoms. The van der Waals surface area contributed by atoms with Gasteiger partial charge in [0, 0.05) is 18.4 Å². The van der Waals surface area contributed by atoms with E-state index < -0.39 is 11.5 Å². The largest absolute Gasteiger partial charge is 0.383 e. The quantitative estimate of drug-likeness (QED) is 0.876. The van der Waals surface area contributed by atoms with Crippen LogP contribution in [0.5, 0.6) is 0 Å². The normalized spacial score (nSPS) is 18.0. The Hall–Kier alpha value is -2.61. The molecular weight excluding hydrogens is 314 g/mol. The van der Waals surface area contributed by atoms with E-state index in [1.54, 1.807) is 12.0 Å². The van der Waals surface area contributed by atoms with Crippen molar-refractivity contribution in [3.05, 3.63) is 65.7 Å². The Morgan fingerprint density at radius 2 is 1.92 bits per heavy atom. The van der Waals surface area contributed by atoms with Crippen LogP contribution in [0.25, 0.3) is 0 Å². The molecule has 4 heteroatoms. The molecular formula is C21H21NO3. The highest BCUT2D eigenvalue weighted by atomic mass is 16.5. The van der Waals surface area contributed by atoms with Gasteiger partial charge in [0.2, 0.25) is 5.60 Å². The number of aliphatic hydroxyl groups is 1. The number of benzene rings is 2. The molecule has 4 nitrogen and oxygen atoms in total. The van der Waals surface area contributed by atoms with Crippen LogP contribution in [-0.4, -0.2) is 36.4 Å². The molecule has 2 aromatic rings. The number of rotatable bonds is 3. The Balaban J connectivity index is 1.91. The Morgan fingerprint density at radius 3 is 2.64 bits per heavy atom. The van der Waals surface area contributed by atoms with Gasteiger partial charge in [-0.3, -0.25) is 4.79 Å². The van der Waals surface area contributed by atoms with Crippen LogP contribution >= 0.6 is 0 Å². The lowest BCUT2D eigenvalue weighted by molar-refractivity contribution is -0.131. The molecule has 3 rings (SSSR count). The number of hydrogen-bond donors (Lipinski definition) is 1. The third-order valence-corrected chi connectivity index (χ3v) is 4.29. The summed E-state index contributed by atoms with van der Waals surface area (Å²) in [5.74, 6) is 5.17. The first-order chi connectivity index (χ1) is 12.0. The van der Waals surface area contributed by atoms with E-state index in [2.05, 4.69) is 11.8 Å². The van der Waals surface area contributed by atoms with Crippen molar-refractivity contribution in [3.63, 3.8) is 0 Å². The Labute approximate surface area is 148 Å². The zero-order valence-corrected chi connectivity index (χ0v) is 14.4. The highest BCUT2D eigenvalue weighted by Gasteiger charge is 2.41. The number of methoxy groups -OCH3 is 1. The fourth-order valence-electron chi connectivity index (χ4n) is 3.06. The fraction of sp³-hybridized carbons (Fsp3) is 0.286. The monoisotopic (exact) mass is 335 g/mol. The molecule has 0 unspecified atom stereocenters. The second-order valence-corrected chi connectivity index (χ2v) is 6.31. The van der Waals surface area contributed by atoms with E-state index in [9.17, 15) is 9.90 Å². The van der Waals surface area contributed by atoms with Gasteiger partial charge in [0.15, 0.2) is 0 Å². The van der Waals surface area contributed by atoms with Gasteiger partial charge in [0.1, 0.15) is 0 Å². The van der Waals surface area contributed by atoms with E-state index in [-0.39, 0.29) is 6.04 Å². The summed E-state index contributed by atoms with van der Waals surface area (Å²) in [6, 6.07) is 16.9. The predicted octanol–water partition coefficient (Wildman–Crippen LogP) is 2.39. The summed E-state index contributed by atoms with van der Waals surface area (Å²) < 4.78 is 5.27. The molecule has 0 fully saturated rings. The highest BCUT2D eigenvalue weighted by Crippen LogP contribution is 2.33. The second-order valence-electron chi connectivity index (χ2n) is 6.31. The lowest BCUT2D eigenvalue weighted by Crippen LogP contribution is -2.51. The molecule has 0 aromatic heterocycles. The maximum absolute atomic E-state index is 13.1. The minimum Gasteiger partial charge on any atom is -0.383 e. The number of carbonyl (C=O) groups is 1. The Kier molecular flexibility index (Phi) is 4.89. The van der Waals surface area contributed by atoms with Crippen molar-refractivity contribution >= 4 is 11.6 Å². The van der Waals surface area contributed by atoms with Gasteiger partial charge in [0.05, 0.1) is 12.6 Å². The molecule has 2 atom stereocenters. The molecule has 0 saturated heterocycles.